The Labute approximate surface area is 79.2 Å². The number of hydrogen-bond donors (Lipinski definition) is 2. The molecule has 0 saturated carbocycles. The van der Waals surface area contributed by atoms with Crippen molar-refractivity contribution in [2.24, 2.45) is 0 Å². The van der Waals surface area contributed by atoms with Gasteiger partial charge in [-0.1, -0.05) is 6.07 Å². The molecule has 0 aromatic heterocycles. The fourth-order valence-corrected chi connectivity index (χ4v) is 0.813. The van der Waals surface area contributed by atoms with Crippen LogP contribution in [0.3, 0.4) is 0 Å². The van der Waals surface area contributed by atoms with Gasteiger partial charge < -0.3 is 5.73 Å². The summed E-state index contributed by atoms with van der Waals surface area (Å²) < 4.78 is 0. The summed E-state index contributed by atoms with van der Waals surface area (Å²) in [6.07, 6.45) is 0. The first-order chi connectivity index (χ1) is 4.20. The molecule has 0 saturated heterocycles. The molecule has 0 bridgehead atoms. The first-order valence-electron chi connectivity index (χ1n) is 2.75. The molecule has 0 unspecified atom stereocenters. The SMILES string of the molecule is Cc1ccc(S)c(N)c1.[Zn+2]. The van der Waals surface area contributed by atoms with Crippen molar-refractivity contribution in [1.82, 2.24) is 0 Å². The first-order valence-corrected chi connectivity index (χ1v) is 3.20. The van der Waals surface area contributed by atoms with Gasteiger partial charge in [-0.2, -0.15) is 0 Å². The standard InChI is InChI=1S/C7H9NS.Zn/c1-5-2-3-7(9)6(8)4-5;/h2-4,9H,8H2,1H3;/q;+2. The van der Waals surface area contributed by atoms with Crippen LogP contribution in [0.4, 0.5) is 5.69 Å². The van der Waals surface area contributed by atoms with Gasteiger partial charge in [-0.15, -0.1) is 12.6 Å². The second-order valence-electron chi connectivity index (χ2n) is 2.06. The van der Waals surface area contributed by atoms with Crippen molar-refractivity contribution in [3.05, 3.63) is 23.8 Å². The molecule has 0 aliphatic heterocycles. The Morgan fingerprint density at radius 3 is 2.40 bits per heavy atom. The minimum atomic E-state index is 0. The molecule has 0 amide bonds. The van der Waals surface area contributed by atoms with Crippen LogP contribution in [0.25, 0.3) is 0 Å². The van der Waals surface area contributed by atoms with Gasteiger partial charge in [0.25, 0.3) is 0 Å². The largest absolute Gasteiger partial charge is 2.00 e. The summed E-state index contributed by atoms with van der Waals surface area (Å²) in [6, 6.07) is 5.79. The molecule has 1 aromatic rings. The van der Waals surface area contributed by atoms with E-state index in [9.17, 15) is 0 Å². The van der Waals surface area contributed by atoms with Crippen LogP contribution in [0.15, 0.2) is 23.1 Å². The molecular weight excluding hydrogens is 196 g/mol. The van der Waals surface area contributed by atoms with Gasteiger partial charge in [0.2, 0.25) is 0 Å². The van der Waals surface area contributed by atoms with Crippen LogP contribution in [0.5, 0.6) is 0 Å². The molecule has 1 rings (SSSR count). The van der Waals surface area contributed by atoms with E-state index in [2.05, 4.69) is 12.6 Å². The van der Waals surface area contributed by atoms with E-state index in [0.717, 1.165) is 10.6 Å². The third kappa shape index (κ3) is 2.32. The Hall–Kier alpha value is -0.00662. The van der Waals surface area contributed by atoms with E-state index in [1.165, 1.54) is 5.56 Å². The molecule has 0 radical (unpaired) electrons. The van der Waals surface area contributed by atoms with Crippen molar-refractivity contribution >= 4 is 18.3 Å². The predicted octanol–water partition coefficient (Wildman–Crippen LogP) is 1.86. The van der Waals surface area contributed by atoms with Crippen LogP contribution in [0, 0.1) is 6.92 Å². The fourth-order valence-electron chi connectivity index (χ4n) is 0.674. The van der Waals surface area contributed by atoms with Crippen LogP contribution >= 0.6 is 12.6 Å². The van der Waals surface area contributed by atoms with E-state index in [0.29, 0.717) is 0 Å². The number of rotatable bonds is 0. The molecule has 2 N–H and O–H groups in total. The molecule has 0 spiro atoms. The summed E-state index contributed by atoms with van der Waals surface area (Å²) in [5, 5.41) is 0. The Morgan fingerprint density at radius 2 is 2.00 bits per heavy atom. The number of nitrogens with two attached hydrogens (primary N) is 1. The Morgan fingerprint density at radius 1 is 1.40 bits per heavy atom. The van der Waals surface area contributed by atoms with Crippen molar-refractivity contribution in [3.63, 3.8) is 0 Å². The monoisotopic (exact) mass is 203 g/mol. The van der Waals surface area contributed by atoms with Gasteiger partial charge in [0.05, 0.1) is 0 Å². The van der Waals surface area contributed by atoms with Gasteiger partial charge in [0, 0.05) is 10.6 Å². The van der Waals surface area contributed by atoms with E-state index in [1.54, 1.807) is 0 Å². The van der Waals surface area contributed by atoms with Gasteiger partial charge >= 0.3 is 19.5 Å². The molecule has 1 aromatic carbocycles. The summed E-state index contributed by atoms with van der Waals surface area (Å²) >= 11 is 4.12. The molecule has 3 heteroatoms. The maximum absolute atomic E-state index is 5.54. The quantitative estimate of drug-likeness (QED) is 0.377. The predicted molar refractivity (Wildman–Crippen MR) is 42.8 cm³/mol. The number of anilines is 1. The number of thiol groups is 1. The van der Waals surface area contributed by atoms with E-state index >= 15 is 0 Å². The smallest absolute Gasteiger partial charge is 0.398 e. The van der Waals surface area contributed by atoms with Gasteiger partial charge in [-0.05, 0) is 24.6 Å². The fraction of sp³-hybridized carbons (Fsp3) is 0.143. The van der Waals surface area contributed by atoms with E-state index in [1.807, 2.05) is 25.1 Å². The van der Waals surface area contributed by atoms with Gasteiger partial charge in [-0.25, -0.2) is 0 Å². The number of nitrogen functional groups attached to an aromatic ring is 1. The van der Waals surface area contributed by atoms with Crippen LogP contribution in [0.2, 0.25) is 0 Å². The molecule has 0 fully saturated rings. The zero-order valence-electron chi connectivity index (χ0n) is 5.96. The van der Waals surface area contributed by atoms with E-state index in [4.69, 9.17) is 5.73 Å². The second kappa shape index (κ2) is 3.99. The van der Waals surface area contributed by atoms with Crippen molar-refractivity contribution in [2.45, 2.75) is 11.8 Å². The summed E-state index contributed by atoms with van der Waals surface area (Å²) in [4.78, 5) is 0.848. The van der Waals surface area contributed by atoms with E-state index < -0.39 is 0 Å². The minimum absolute atomic E-state index is 0. The summed E-state index contributed by atoms with van der Waals surface area (Å²) in [7, 11) is 0. The van der Waals surface area contributed by atoms with E-state index in [-0.39, 0.29) is 19.5 Å². The van der Waals surface area contributed by atoms with Gasteiger partial charge in [-0.3, -0.25) is 0 Å². The van der Waals surface area contributed by atoms with Gasteiger partial charge in [0.1, 0.15) is 0 Å². The van der Waals surface area contributed by atoms with Gasteiger partial charge in [0.15, 0.2) is 0 Å². The van der Waals surface area contributed by atoms with Crippen molar-refractivity contribution < 1.29 is 19.5 Å². The molecule has 48 valence electrons. The molecule has 0 aliphatic rings. The van der Waals surface area contributed by atoms with Crippen LogP contribution in [-0.4, -0.2) is 0 Å². The summed E-state index contributed by atoms with van der Waals surface area (Å²) in [6.45, 7) is 2.00. The first kappa shape index (κ1) is 9.99. The Balaban J connectivity index is 0.000000810. The number of benzene rings is 1. The van der Waals surface area contributed by atoms with Crippen LogP contribution < -0.4 is 5.73 Å². The normalized spacial score (nSPS) is 8.60. The molecular formula is C7H9NSZn+2. The third-order valence-corrected chi connectivity index (χ3v) is 1.59. The summed E-state index contributed by atoms with van der Waals surface area (Å²) in [5.74, 6) is 0. The Bertz CT molecular complexity index is 225. The second-order valence-corrected chi connectivity index (χ2v) is 2.54. The zero-order valence-corrected chi connectivity index (χ0v) is 9.83. The van der Waals surface area contributed by atoms with Crippen LogP contribution in [0.1, 0.15) is 5.56 Å². The molecule has 0 aliphatic carbocycles. The maximum Gasteiger partial charge on any atom is 2.00 e. The number of hydrogen-bond acceptors (Lipinski definition) is 2. The topological polar surface area (TPSA) is 26.0 Å². The molecule has 10 heavy (non-hydrogen) atoms. The maximum atomic E-state index is 5.54. The molecule has 0 heterocycles. The zero-order chi connectivity index (χ0) is 6.85. The third-order valence-electron chi connectivity index (χ3n) is 1.18. The minimum Gasteiger partial charge on any atom is -0.398 e. The van der Waals surface area contributed by atoms with Crippen LogP contribution in [-0.2, 0) is 19.5 Å². The summed E-state index contributed by atoms with van der Waals surface area (Å²) in [5.41, 5.74) is 7.46. The van der Waals surface area contributed by atoms with Crippen molar-refractivity contribution in [1.29, 1.82) is 0 Å². The van der Waals surface area contributed by atoms with Crippen molar-refractivity contribution in [3.8, 4) is 0 Å². The molecule has 1 nitrogen and oxygen atoms in total. The number of aryl methyl sites for hydroxylation is 1. The Kier molecular flexibility index (Phi) is 3.99. The average Bonchev–Trinajstić information content (AvgIpc) is 1.80. The molecule has 0 atom stereocenters. The van der Waals surface area contributed by atoms with Crippen molar-refractivity contribution in [2.75, 3.05) is 5.73 Å². The average molecular weight is 205 g/mol.